The fraction of sp³-hybridized carbons (Fsp3) is 0.438. The standard InChI is InChI=1S/C32H31ClF3N5O2/c33-27-21-5-2-1-4-20(21)22(11-25(27)42)26-24(35)10-23-29(28(26)36)38-31(39-30(23)41-15-18-6-7-19(41)13-37-18)43-16-32-8-3-9-40(32)14-17(34)12-32/h1-2,4-5,10-11,17-19,37,42H,3,6-9,12-16H2/t17-,18-,19-,32+/m1/s1. The van der Waals surface area contributed by atoms with Crippen LogP contribution in [0.3, 0.4) is 0 Å². The van der Waals surface area contributed by atoms with Gasteiger partial charge < -0.3 is 20.1 Å². The summed E-state index contributed by atoms with van der Waals surface area (Å²) in [7, 11) is 0. The van der Waals surface area contributed by atoms with E-state index in [1.165, 1.54) is 12.1 Å². The van der Waals surface area contributed by atoms with Gasteiger partial charge >= 0.3 is 6.01 Å². The van der Waals surface area contributed by atoms with Gasteiger partial charge in [-0.1, -0.05) is 35.9 Å². The molecule has 5 aliphatic heterocycles. The Labute approximate surface area is 251 Å². The normalized spacial score (nSPS) is 27.0. The molecule has 5 saturated heterocycles. The van der Waals surface area contributed by atoms with Crippen molar-refractivity contribution in [2.24, 2.45) is 0 Å². The number of hydrogen-bond acceptors (Lipinski definition) is 7. The van der Waals surface area contributed by atoms with Crippen LogP contribution in [0.1, 0.15) is 32.1 Å². The van der Waals surface area contributed by atoms with Gasteiger partial charge in [0, 0.05) is 48.9 Å². The zero-order chi connectivity index (χ0) is 29.5. The Balaban J connectivity index is 1.29. The molecule has 0 saturated carbocycles. The van der Waals surface area contributed by atoms with Crippen molar-refractivity contribution in [2.45, 2.75) is 55.9 Å². The first kappa shape index (κ1) is 27.2. The average molecular weight is 610 g/mol. The molecule has 2 bridgehead atoms. The van der Waals surface area contributed by atoms with Crippen molar-refractivity contribution in [3.63, 3.8) is 0 Å². The number of rotatable bonds is 5. The van der Waals surface area contributed by atoms with Crippen LogP contribution in [0.25, 0.3) is 32.8 Å². The molecular formula is C32H31ClF3N5O2. The van der Waals surface area contributed by atoms with Crippen molar-refractivity contribution >= 4 is 39.1 Å². The molecule has 9 rings (SSSR count). The number of nitrogens with zero attached hydrogens (tertiary/aromatic N) is 4. The Kier molecular flexibility index (Phi) is 6.40. The van der Waals surface area contributed by atoms with E-state index < -0.39 is 23.3 Å². The number of alkyl halides is 1. The summed E-state index contributed by atoms with van der Waals surface area (Å²) in [6.45, 7) is 2.80. The summed E-state index contributed by atoms with van der Waals surface area (Å²) in [6.07, 6.45) is 3.20. The summed E-state index contributed by atoms with van der Waals surface area (Å²) in [5.41, 5.74) is -0.651. The third-order valence-corrected chi connectivity index (χ3v) is 10.3. The first-order valence-electron chi connectivity index (χ1n) is 14.9. The van der Waals surface area contributed by atoms with Crippen molar-refractivity contribution in [3.05, 3.63) is 53.1 Å². The van der Waals surface area contributed by atoms with Crippen molar-refractivity contribution in [1.29, 1.82) is 0 Å². The Morgan fingerprint density at radius 2 is 1.93 bits per heavy atom. The fourth-order valence-electron chi connectivity index (χ4n) is 7.84. The van der Waals surface area contributed by atoms with Gasteiger partial charge in [-0.25, -0.2) is 13.2 Å². The first-order valence-corrected chi connectivity index (χ1v) is 15.3. The second-order valence-corrected chi connectivity index (χ2v) is 12.8. The Hall–Kier alpha value is -3.34. The van der Waals surface area contributed by atoms with E-state index in [0.717, 1.165) is 38.8 Å². The highest BCUT2D eigenvalue weighted by molar-refractivity contribution is 6.37. The van der Waals surface area contributed by atoms with Crippen molar-refractivity contribution in [2.75, 3.05) is 37.7 Å². The molecule has 4 aromatic rings. The SMILES string of the molecule is Oc1cc(-c2c(F)cc3c(N4C[C@H]5CC[C@@H]4CN5)nc(OC[C@@]45CCCN4C[C@H](F)C5)nc3c2F)c2ccccc2c1Cl. The number of ether oxygens (including phenoxy) is 1. The first-order chi connectivity index (χ1) is 20.8. The third-order valence-electron chi connectivity index (χ3n) is 9.92. The topological polar surface area (TPSA) is 73.8 Å². The van der Waals surface area contributed by atoms with E-state index in [0.29, 0.717) is 36.1 Å². The van der Waals surface area contributed by atoms with E-state index in [9.17, 15) is 9.50 Å². The molecule has 0 unspecified atom stereocenters. The van der Waals surface area contributed by atoms with Gasteiger partial charge in [0.25, 0.3) is 0 Å². The number of aromatic hydroxyl groups is 1. The number of benzene rings is 3. The van der Waals surface area contributed by atoms with E-state index in [2.05, 4.69) is 20.1 Å². The summed E-state index contributed by atoms with van der Waals surface area (Å²) in [4.78, 5) is 13.5. The van der Waals surface area contributed by atoms with E-state index in [1.54, 1.807) is 24.3 Å². The summed E-state index contributed by atoms with van der Waals surface area (Å²) in [6, 6.07) is 9.82. The number of phenols is 1. The van der Waals surface area contributed by atoms with Crippen LogP contribution >= 0.6 is 11.6 Å². The van der Waals surface area contributed by atoms with Gasteiger partial charge in [-0.2, -0.15) is 9.97 Å². The molecule has 11 heteroatoms. The zero-order valence-electron chi connectivity index (χ0n) is 23.4. The molecule has 43 heavy (non-hydrogen) atoms. The van der Waals surface area contributed by atoms with Crippen molar-refractivity contribution in [1.82, 2.24) is 20.2 Å². The molecular weight excluding hydrogens is 579 g/mol. The van der Waals surface area contributed by atoms with E-state index in [1.807, 2.05) is 0 Å². The molecule has 5 fully saturated rings. The largest absolute Gasteiger partial charge is 0.506 e. The van der Waals surface area contributed by atoms with Crippen molar-refractivity contribution in [3.8, 4) is 22.9 Å². The number of aromatic nitrogens is 2. The number of phenolic OH excluding ortho intramolecular Hbond substituents is 1. The van der Waals surface area contributed by atoms with Crippen LogP contribution in [-0.4, -0.2) is 76.6 Å². The molecule has 224 valence electrons. The summed E-state index contributed by atoms with van der Waals surface area (Å²) in [5, 5.41) is 15.4. The van der Waals surface area contributed by atoms with Crippen LogP contribution in [-0.2, 0) is 0 Å². The Bertz CT molecular complexity index is 1770. The molecule has 7 nitrogen and oxygen atoms in total. The van der Waals surface area contributed by atoms with E-state index in [4.69, 9.17) is 21.3 Å². The number of piperidine rings is 2. The number of piperazine rings is 1. The predicted molar refractivity (Wildman–Crippen MR) is 160 cm³/mol. The van der Waals surface area contributed by atoms with Gasteiger partial charge in [-0.3, -0.25) is 4.90 Å². The predicted octanol–water partition coefficient (Wildman–Crippen LogP) is 5.98. The monoisotopic (exact) mass is 609 g/mol. The highest BCUT2D eigenvalue weighted by Crippen LogP contribution is 2.44. The maximum atomic E-state index is 16.7. The summed E-state index contributed by atoms with van der Waals surface area (Å²) < 4.78 is 53.4. The molecule has 2 N–H and O–H groups in total. The fourth-order valence-corrected chi connectivity index (χ4v) is 8.06. The number of fused-ring (bicyclic) bond motifs is 6. The molecule has 0 radical (unpaired) electrons. The van der Waals surface area contributed by atoms with Crippen LogP contribution in [0.4, 0.5) is 19.0 Å². The van der Waals surface area contributed by atoms with Gasteiger partial charge in [0.05, 0.1) is 16.1 Å². The van der Waals surface area contributed by atoms with E-state index in [-0.39, 0.29) is 57.5 Å². The van der Waals surface area contributed by atoms with Crippen LogP contribution in [0, 0.1) is 11.6 Å². The van der Waals surface area contributed by atoms with Gasteiger partial charge in [0.1, 0.15) is 35.7 Å². The third kappa shape index (κ3) is 4.32. The maximum absolute atomic E-state index is 16.7. The lowest BCUT2D eigenvalue weighted by Gasteiger charge is -2.46. The summed E-state index contributed by atoms with van der Waals surface area (Å²) >= 11 is 6.34. The molecule has 0 amide bonds. The maximum Gasteiger partial charge on any atom is 0.319 e. The van der Waals surface area contributed by atoms with Gasteiger partial charge in [0.15, 0.2) is 5.82 Å². The van der Waals surface area contributed by atoms with Gasteiger partial charge in [-0.05, 0) is 55.3 Å². The molecule has 4 atom stereocenters. The zero-order valence-corrected chi connectivity index (χ0v) is 24.2. The highest BCUT2D eigenvalue weighted by atomic mass is 35.5. The Morgan fingerprint density at radius 1 is 1.09 bits per heavy atom. The molecule has 1 aromatic heterocycles. The van der Waals surface area contributed by atoms with Crippen LogP contribution < -0.4 is 15.0 Å². The molecule has 3 aromatic carbocycles. The van der Waals surface area contributed by atoms with Crippen molar-refractivity contribution < 1.29 is 23.0 Å². The molecule has 0 spiro atoms. The Morgan fingerprint density at radius 3 is 2.70 bits per heavy atom. The lowest BCUT2D eigenvalue weighted by Crippen LogP contribution is -2.61. The lowest BCUT2D eigenvalue weighted by molar-refractivity contribution is 0.107. The minimum Gasteiger partial charge on any atom is -0.506 e. The smallest absolute Gasteiger partial charge is 0.319 e. The minimum atomic E-state index is -0.915. The summed E-state index contributed by atoms with van der Waals surface area (Å²) in [5.74, 6) is -1.52. The lowest BCUT2D eigenvalue weighted by atomic mass is 9.92. The second-order valence-electron chi connectivity index (χ2n) is 12.4. The molecule has 5 aliphatic rings. The second kappa shape index (κ2) is 10.1. The number of halogens is 4. The molecule has 0 aliphatic carbocycles. The van der Waals surface area contributed by atoms with Gasteiger partial charge in [-0.15, -0.1) is 0 Å². The molecule has 6 heterocycles. The minimum absolute atomic E-state index is 0.0132. The van der Waals surface area contributed by atoms with E-state index >= 15 is 8.78 Å². The quantitative estimate of drug-likeness (QED) is 0.288. The number of anilines is 1. The highest BCUT2D eigenvalue weighted by Gasteiger charge is 2.49. The van der Waals surface area contributed by atoms with Gasteiger partial charge in [0.2, 0.25) is 0 Å². The van der Waals surface area contributed by atoms with Crippen LogP contribution in [0.15, 0.2) is 36.4 Å². The average Bonchev–Trinajstić information content (AvgIpc) is 3.54. The number of hydrogen-bond donors (Lipinski definition) is 2. The van der Waals surface area contributed by atoms with Crippen LogP contribution in [0.2, 0.25) is 5.02 Å². The number of nitrogens with one attached hydrogen (secondary N) is 1. The van der Waals surface area contributed by atoms with Crippen LogP contribution in [0.5, 0.6) is 11.8 Å².